The molecule has 0 aliphatic carbocycles. The van der Waals surface area contributed by atoms with Crippen LogP contribution in [0, 0.1) is 0 Å². The third-order valence-electron chi connectivity index (χ3n) is 2.40. The van der Waals surface area contributed by atoms with Crippen molar-refractivity contribution in [1.29, 1.82) is 0 Å². The van der Waals surface area contributed by atoms with Crippen molar-refractivity contribution < 1.29 is 5.11 Å². The van der Waals surface area contributed by atoms with Crippen molar-refractivity contribution in [3.05, 3.63) is 18.0 Å². The number of rotatable bonds is 3. The summed E-state index contributed by atoms with van der Waals surface area (Å²) in [5.74, 6) is 0. The lowest BCUT2D eigenvalue weighted by Gasteiger charge is -2.24. The van der Waals surface area contributed by atoms with Gasteiger partial charge in [0.2, 0.25) is 0 Å². The average molecular weight is 182 g/mol. The molecule has 0 saturated carbocycles. The molecular formula is C10H18N2O. The van der Waals surface area contributed by atoms with Crippen LogP contribution in [-0.4, -0.2) is 14.9 Å². The summed E-state index contributed by atoms with van der Waals surface area (Å²) in [6, 6.07) is 2.17. The van der Waals surface area contributed by atoms with Gasteiger partial charge in [-0.2, -0.15) is 5.10 Å². The summed E-state index contributed by atoms with van der Waals surface area (Å²) in [7, 11) is 0. The molecule has 0 fully saturated rings. The zero-order chi connectivity index (χ0) is 10.1. The lowest BCUT2D eigenvalue weighted by atomic mass is 9.99. The van der Waals surface area contributed by atoms with Crippen LogP contribution >= 0.6 is 0 Å². The quantitative estimate of drug-likeness (QED) is 0.777. The van der Waals surface area contributed by atoms with Crippen LogP contribution in [0.5, 0.6) is 0 Å². The van der Waals surface area contributed by atoms with Crippen LogP contribution in [0.4, 0.5) is 0 Å². The van der Waals surface area contributed by atoms with Crippen molar-refractivity contribution in [3.63, 3.8) is 0 Å². The summed E-state index contributed by atoms with van der Waals surface area (Å²) in [6.45, 7) is 7.91. The highest BCUT2D eigenvalue weighted by atomic mass is 16.3. The van der Waals surface area contributed by atoms with Crippen LogP contribution in [0.15, 0.2) is 12.3 Å². The maximum Gasteiger partial charge on any atom is 0.103 e. The number of hydrogen-bond acceptors (Lipinski definition) is 2. The summed E-state index contributed by atoms with van der Waals surface area (Å²) in [5, 5.41) is 14.2. The number of aromatic nitrogens is 2. The smallest absolute Gasteiger partial charge is 0.103 e. The minimum absolute atomic E-state index is 0.294. The molecule has 0 saturated heterocycles. The van der Waals surface area contributed by atoms with Gasteiger partial charge >= 0.3 is 0 Å². The summed E-state index contributed by atoms with van der Waals surface area (Å²) in [6.07, 6.45) is 2.44. The molecule has 0 aliphatic rings. The molecule has 0 aliphatic heterocycles. The number of nitrogens with zero attached hydrogens (tertiary/aromatic N) is 2. The van der Waals surface area contributed by atoms with E-state index in [1.807, 2.05) is 24.6 Å². The molecule has 0 spiro atoms. The second-order valence-electron chi connectivity index (χ2n) is 3.88. The predicted molar refractivity (Wildman–Crippen MR) is 52.5 cm³/mol. The first-order chi connectivity index (χ1) is 5.99. The van der Waals surface area contributed by atoms with Crippen LogP contribution in [0.1, 0.15) is 45.9 Å². The molecule has 0 aromatic carbocycles. The van der Waals surface area contributed by atoms with Crippen molar-refractivity contribution in [1.82, 2.24) is 9.78 Å². The molecule has 1 atom stereocenters. The number of aliphatic hydroxyl groups is 1. The van der Waals surface area contributed by atoms with E-state index >= 15 is 0 Å². The second-order valence-corrected chi connectivity index (χ2v) is 3.88. The van der Waals surface area contributed by atoms with Gasteiger partial charge in [-0.25, -0.2) is 0 Å². The minimum atomic E-state index is -0.763. The van der Waals surface area contributed by atoms with Crippen LogP contribution in [-0.2, 0) is 5.60 Å². The first-order valence-electron chi connectivity index (χ1n) is 4.75. The average Bonchev–Trinajstić information content (AvgIpc) is 2.52. The molecule has 13 heavy (non-hydrogen) atoms. The standard InChI is InChI=1S/C10H18N2O/c1-5-10(4,13)9-6-7-11-12(9)8(2)3/h6-8,13H,5H2,1-4H3. The van der Waals surface area contributed by atoms with E-state index < -0.39 is 5.60 Å². The Bertz CT molecular complexity index is 276. The molecule has 1 unspecified atom stereocenters. The molecule has 1 rings (SSSR count). The third-order valence-corrected chi connectivity index (χ3v) is 2.40. The van der Waals surface area contributed by atoms with E-state index in [1.54, 1.807) is 6.20 Å². The summed E-state index contributed by atoms with van der Waals surface area (Å²) < 4.78 is 1.86. The highest BCUT2D eigenvalue weighted by molar-refractivity contribution is 5.10. The van der Waals surface area contributed by atoms with Crippen molar-refractivity contribution in [2.75, 3.05) is 0 Å². The molecule has 0 radical (unpaired) electrons. The highest BCUT2D eigenvalue weighted by Crippen LogP contribution is 2.25. The maximum atomic E-state index is 10.1. The Morgan fingerprint density at radius 1 is 1.62 bits per heavy atom. The molecule has 1 N–H and O–H groups in total. The monoisotopic (exact) mass is 182 g/mol. The van der Waals surface area contributed by atoms with Gasteiger partial charge in [0.05, 0.1) is 5.69 Å². The van der Waals surface area contributed by atoms with Crippen molar-refractivity contribution >= 4 is 0 Å². The lowest BCUT2D eigenvalue weighted by Crippen LogP contribution is -2.25. The Morgan fingerprint density at radius 2 is 2.23 bits per heavy atom. The highest BCUT2D eigenvalue weighted by Gasteiger charge is 2.25. The van der Waals surface area contributed by atoms with Gasteiger partial charge in [-0.05, 0) is 33.3 Å². The van der Waals surface area contributed by atoms with Crippen LogP contribution < -0.4 is 0 Å². The SMILES string of the molecule is CCC(C)(O)c1ccnn1C(C)C. The fraction of sp³-hybridized carbons (Fsp3) is 0.700. The van der Waals surface area contributed by atoms with Crippen molar-refractivity contribution in [2.45, 2.75) is 45.8 Å². The first-order valence-corrected chi connectivity index (χ1v) is 4.75. The molecule has 1 heterocycles. The molecule has 1 aromatic rings. The van der Waals surface area contributed by atoms with Gasteiger partial charge in [0.25, 0.3) is 0 Å². The van der Waals surface area contributed by atoms with E-state index in [1.165, 1.54) is 0 Å². The van der Waals surface area contributed by atoms with E-state index in [9.17, 15) is 5.11 Å². The van der Waals surface area contributed by atoms with E-state index in [2.05, 4.69) is 18.9 Å². The topological polar surface area (TPSA) is 38.1 Å². The Balaban J connectivity index is 3.07. The zero-order valence-corrected chi connectivity index (χ0v) is 8.78. The van der Waals surface area contributed by atoms with Crippen molar-refractivity contribution in [3.8, 4) is 0 Å². The van der Waals surface area contributed by atoms with Gasteiger partial charge in [-0.3, -0.25) is 4.68 Å². The lowest BCUT2D eigenvalue weighted by molar-refractivity contribution is 0.0422. The fourth-order valence-electron chi connectivity index (χ4n) is 1.33. The van der Waals surface area contributed by atoms with E-state index in [-0.39, 0.29) is 0 Å². The zero-order valence-electron chi connectivity index (χ0n) is 8.78. The maximum absolute atomic E-state index is 10.1. The van der Waals surface area contributed by atoms with Gasteiger partial charge in [0.1, 0.15) is 5.60 Å². The number of hydrogen-bond donors (Lipinski definition) is 1. The van der Waals surface area contributed by atoms with E-state index in [0.29, 0.717) is 12.5 Å². The summed E-state index contributed by atoms with van der Waals surface area (Å²) >= 11 is 0. The Kier molecular flexibility index (Phi) is 2.76. The largest absolute Gasteiger partial charge is 0.384 e. The molecular weight excluding hydrogens is 164 g/mol. The van der Waals surface area contributed by atoms with Gasteiger partial charge in [-0.1, -0.05) is 6.92 Å². The fourth-order valence-corrected chi connectivity index (χ4v) is 1.33. The molecule has 0 bridgehead atoms. The molecule has 1 aromatic heterocycles. The summed E-state index contributed by atoms with van der Waals surface area (Å²) in [5.41, 5.74) is 0.130. The molecule has 3 heteroatoms. The van der Waals surface area contributed by atoms with Gasteiger partial charge in [0.15, 0.2) is 0 Å². The summed E-state index contributed by atoms with van der Waals surface area (Å²) in [4.78, 5) is 0. The van der Waals surface area contributed by atoms with Crippen LogP contribution in [0.3, 0.4) is 0 Å². The Morgan fingerprint density at radius 3 is 2.69 bits per heavy atom. The van der Waals surface area contributed by atoms with Crippen LogP contribution in [0.25, 0.3) is 0 Å². The molecule has 3 nitrogen and oxygen atoms in total. The molecule has 74 valence electrons. The van der Waals surface area contributed by atoms with Gasteiger partial charge in [0, 0.05) is 12.2 Å². The normalized spacial score (nSPS) is 16.2. The molecule has 0 amide bonds. The van der Waals surface area contributed by atoms with E-state index in [0.717, 1.165) is 5.69 Å². The third kappa shape index (κ3) is 1.91. The minimum Gasteiger partial charge on any atom is -0.384 e. The van der Waals surface area contributed by atoms with Gasteiger partial charge in [-0.15, -0.1) is 0 Å². The van der Waals surface area contributed by atoms with E-state index in [4.69, 9.17) is 0 Å². The van der Waals surface area contributed by atoms with Crippen LogP contribution in [0.2, 0.25) is 0 Å². The van der Waals surface area contributed by atoms with Gasteiger partial charge < -0.3 is 5.11 Å². The Hall–Kier alpha value is -0.830. The van der Waals surface area contributed by atoms with Crippen molar-refractivity contribution in [2.24, 2.45) is 0 Å². The first kappa shape index (κ1) is 10.3. The predicted octanol–water partition coefficient (Wildman–Crippen LogP) is 2.08. The second kappa shape index (κ2) is 3.50. The Labute approximate surface area is 79.4 Å².